The fraction of sp³-hybridized carbons (Fsp3) is 0.600. The number of rotatable bonds is 9. The van der Waals surface area contributed by atoms with E-state index < -0.39 is 6.10 Å². The third kappa shape index (κ3) is 5.52. The molecule has 3 heteroatoms. The first kappa shape index (κ1) is 15.0. The Morgan fingerprint density at radius 1 is 1.22 bits per heavy atom. The van der Waals surface area contributed by atoms with Crippen LogP contribution in [-0.2, 0) is 4.74 Å². The van der Waals surface area contributed by atoms with Gasteiger partial charge < -0.3 is 14.6 Å². The van der Waals surface area contributed by atoms with Gasteiger partial charge in [0.2, 0.25) is 0 Å². The topological polar surface area (TPSA) is 38.7 Å². The monoisotopic (exact) mass is 252 g/mol. The van der Waals surface area contributed by atoms with E-state index in [2.05, 4.69) is 6.92 Å². The Balaban J connectivity index is 2.36. The predicted octanol–water partition coefficient (Wildman–Crippen LogP) is 3.33. The number of ether oxygens (including phenoxy) is 2. The van der Waals surface area contributed by atoms with Crippen LogP contribution < -0.4 is 4.74 Å². The quantitative estimate of drug-likeness (QED) is 0.685. The molecule has 102 valence electrons. The van der Waals surface area contributed by atoms with Crippen molar-refractivity contribution >= 4 is 0 Å². The Morgan fingerprint density at radius 3 is 2.78 bits per heavy atom. The number of aliphatic hydroxyl groups is 1. The molecule has 0 aliphatic heterocycles. The molecule has 18 heavy (non-hydrogen) atoms. The smallest absolute Gasteiger partial charge is 0.119 e. The molecular formula is C15H24O3. The van der Waals surface area contributed by atoms with Crippen LogP contribution in [0, 0.1) is 0 Å². The molecule has 0 aromatic heterocycles. The van der Waals surface area contributed by atoms with Crippen molar-refractivity contribution in [3.05, 3.63) is 29.8 Å². The standard InChI is InChI=1S/C15H24O3/c1-3-5-10-17-11-9-15(16)13-7-6-8-14(12-13)18-4-2/h6-8,12,15-16H,3-5,9-11H2,1-2H3. The van der Waals surface area contributed by atoms with E-state index in [1.165, 1.54) is 0 Å². The first-order valence-electron chi connectivity index (χ1n) is 6.76. The van der Waals surface area contributed by atoms with Gasteiger partial charge in [-0.3, -0.25) is 0 Å². The van der Waals surface area contributed by atoms with Crippen molar-refractivity contribution in [3.63, 3.8) is 0 Å². The molecule has 0 radical (unpaired) electrons. The second-order valence-corrected chi connectivity index (χ2v) is 4.28. The minimum Gasteiger partial charge on any atom is -0.494 e. The number of hydrogen-bond acceptors (Lipinski definition) is 3. The highest BCUT2D eigenvalue weighted by Gasteiger charge is 2.08. The lowest BCUT2D eigenvalue weighted by Crippen LogP contribution is -2.04. The average molecular weight is 252 g/mol. The molecular weight excluding hydrogens is 228 g/mol. The zero-order chi connectivity index (χ0) is 13.2. The highest BCUT2D eigenvalue weighted by atomic mass is 16.5. The van der Waals surface area contributed by atoms with E-state index >= 15 is 0 Å². The van der Waals surface area contributed by atoms with Gasteiger partial charge in [-0.25, -0.2) is 0 Å². The first-order valence-corrected chi connectivity index (χ1v) is 6.76. The van der Waals surface area contributed by atoms with Gasteiger partial charge >= 0.3 is 0 Å². The van der Waals surface area contributed by atoms with Gasteiger partial charge in [0.1, 0.15) is 5.75 Å². The van der Waals surface area contributed by atoms with Gasteiger partial charge in [0.25, 0.3) is 0 Å². The van der Waals surface area contributed by atoms with Crippen molar-refractivity contribution in [2.75, 3.05) is 19.8 Å². The van der Waals surface area contributed by atoms with Crippen LogP contribution in [0.4, 0.5) is 0 Å². The summed E-state index contributed by atoms with van der Waals surface area (Å²) in [5.74, 6) is 0.806. The fourth-order valence-corrected chi connectivity index (χ4v) is 1.69. The van der Waals surface area contributed by atoms with E-state index in [0.717, 1.165) is 30.8 Å². The zero-order valence-corrected chi connectivity index (χ0v) is 11.4. The summed E-state index contributed by atoms with van der Waals surface area (Å²) in [4.78, 5) is 0. The Labute approximate surface area is 110 Å². The van der Waals surface area contributed by atoms with Gasteiger partial charge in [-0.15, -0.1) is 0 Å². The van der Waals surface area contributed by atoms with Crippen LogP contribution in [-0.4, -0.2) is 24.9 Å². The third-order valence-corrected chi connectivity index (χ3v) is 2.73. The molecule has 0 spiro atoms. The first-order chi connectivity index (χ1) is 8.77. The van der Waals surface area contributed by atoms with Crippen molar-refractivity contribution in [3.8, 4) is 5.75 Å². The van der Waals surface area contributed by atoms with Gasteiger partial charge in [-0.2, -0.15) is 0 Å². The van der Waals surface area contributed by atoms with Crippen LogP contribution in [0.1, 0.15) is 44.8 Å². The summed E-state index contributed by atoms with van der Waals surface area (Å²) >= 11 is 0. The molecule has 0 saturated heterocycles. The second-order valence-electron chi connectivity index (χ2n) is 4.28. The van der Waals surface area contributed by atoms with Gasteiger partial charge in [0.05, 0.1) is 12.7 Å². The summed E-state index contributed by atoms with van der Waals surface area (Å²) in [5, 5.41) is 10.0. The maximum absolute atomic E-state index is 10.0. The van der Waals surface area contributed by atoms with Crippen molar-refractivity contribution in [1.82, 2.24) is 0 Å². The number of aliphatic hydroxyl groups excluding tert-OH is 1. The van der Waals surface area contributed by atoms with E-state index in [1.54, 1.807) is 0 Å². The Hall–Kier alpha value is -1.06. The van der Waals surface area contributed by atoms with Crippen molar-refractivity contribution in [2.45, 2.75) is 39.2 Å². The second kappa shape index (κ2) is 8.95. The molecule has 1 unspecified atom stereocenters. The molecule has 1 aromatic rings. The molecule has 0 amide bonds. The maximum Gasteiger partial charge on any atom is 0.119 e. The van der Waals surface area contributed by atoms with E-state index in [-0.39, 0.29) is 0 Å². The Morgan fingerprint density at radius 2 is 2.06 bits per heavy atom. The summed E-state index contributed by atoms with van der Waals surface area (Å²) in [6.07, 6.45) is 2.36. The SMILES string of the molecule is CCCCOCCC(O)c1cccc(OCC)c1. The van der Waals surface area contributed by atoms with E-state index in [1.807, 2.05) is 31.2 Å². The van der Waals surface area contributed by atoms with Crippen molar-refractivity contribution in [2.24, 2.45) is 0 Å². The molecule has 1 atom stereocenters. The largest absolute Gasteiger partial charge is 0.494 e. The van der Waals surface area contributed by atoms with Gasteiger partial charge in [0.15, 0.2) is 0 Å². The minimum absolute atomic E-state index is 0.480. The molecule has 0 bridgehead atoms. The predicted molar refractivity (Wildman–Crippen MR) is 72.9 cm³/mol. The molecule has 1 N–H and O–H groups in total. The molecule has 0 fully saturated rings. The van der Waals surface area contributed by atoms with Crippen LogP contribution in [0.5, 0.6) is 5.75 Å². The fourth-order valence-electron chi connectivity index (χ4n) is 1.69. The lowest BCUT2D eigenvalue weighted by atomic mass is 10.1. The summed E-state index contributed by atoms with van der Waals surface area (Å²) in [6, 6.07) is 7.61. The average Bonchev–Trinajstić information content (AvgIpc) is 2.39. The molecule has 1 rings (SSSR count). The van der Waals surface area contributed by atoms with E-state index in [9.17, 15) is 5.11 Å². The van der Waals surface area contributed by atoms with Crippen LogP contribution in [0.3, 0.4) is 0 Å². The molecule has 3 nitrogen and oxygen atoms in total. The number of benzene rings is 1. The van der Waals surface area contributed by atoms with E-state index in [0.29, 0.717) is 19.6 Å². The number of unbranched alkanes of at least 4 members (excludes halogenated alkanes) is 1. The van der Waals surface area contributed by atoms with Crippen molar-refractivity contribution < 1.29 is 14.6 Å². The third-order valence-electron chi connectivity index (χ3n) is 2.73. The van der Waals surface area contributed by atoms with Gasteiger partial charge in [-0.05, 0) is 31.0 Å². The lowest BCUT2D eigenvalue weighted by Gasteiger charge is -2.12. The van der Waals surface area contributed by atoms with E-state index in [4.69, 9.17) is 9.47 Å². The van der Waals surface area contributed by atoms with Crippen molar-refractivity contribution in [1.29, 1.82) is 0 Å². The Kier molecular flexibility index (Phi) is 7.46. The number of hydrogen-bond donors (Lipinski definition) is 1. The molecule has 0 aliphatic rings. The summed E-state index contributed by atoms with van der Waals surface area (Å²) in [6.45, 7) is 6.10. The zero-order valence-electron chi connectivity index (χ0n) is 11.4. The van der Waals surface area contributed by atoms with Crippen LogP contribution in [0.15, 0.2) is 24.3 Å². The summed E-state index contributed by atoms with van der Waals surface area (Å²) in [7, 11) is 0. The van der Waals surface area contributed by atoms with Crippen LogP contribution in [0.25, 0.3) is 0 Å². The lowest BCUT2D eigenvalue weighted by molar-refractivity contribution is 0.0803. The van der Waals surface area contributed by atoms with Gasteiger partial charge in [-0.1, -0.05) is 25.5 Å². The van der Waals surface area contributed by atoms with Gasteiger partial charge in [0, 0.05) is 19.6 Å². The molecule has 0 aliphatic carbocycles. The highest BCUT2D eigenvalue weighted by molar-refractivity contribution is 5.29. The highest BCUT2D eigenvalue weighted by Crippen LogP contribution is 2.21. The maximum atomic E-state index is 10.0. The van der Waals surface area contributed by atoms with Crippen LogP contribution in [0.2, 0.25) is 0 Å². The summed E-state index contributed by atoms with van der Waals surface area (Å²) in [5.41, 5.74) is 0.889. The summed E-state index contributed by atoms with van der Waals surface area (Å²) < 4.78 is 10.9. The molecule has 0 heterocycles. The minimum atomic E-state index is -0.480. The molecule has 1 aromatic carbocycles. The molecule has 0 saturated carbocycles. The Bertz CT molecular complexity index is 325. The van der Waals surface area contributed by atoms with Crippen LogP contribution >= 0.6 is 0 Å². The normalized spacial score (nSPS) is 12.4.